The Bertz CT molecular complexity index is 951. The van der Waals surface area contributed by atoms with Crippen molar-refractivity contribution in [2.24, 2.45) is 0 Å². The average molecular weight is 395 g/mol. The fraction of sp³-hybridized carbons (Fsp3) is 0.238. The Kier molecular flexibility index (Phi) is 6.60. The van der Waals surface area contributed by atoms with Crippen LogP contribution < -0.4 is 10.9 Å². The predicted octanol–water partition coefficient (Wildman–Crippen LogP) is 3.03. The minimum atomic E-state index is -0.341. The molecular formula is C21H22N4O2S. The van der Waals surface area contributed by atoms with Crippen molar-refractivity contribution in [3.8, 4) is 0 Å². The summed E-state index contributed by atoms with van der Waals surface area (Å²) in [6.45, 7) is 1.79. The van der Waals surface area contributed by atoms with E-state index in [1.54, 1.807) is 13.1 Å². The van der Waals surface area contributed by atoms with Crippen LogP contribution in [0, 0.1) is 6.92 Å². The molecule has 28 heavy (non-hydrogen) atoms. The van der Waals surface area contributed by atoms with Gasteiger partial charge in [0.2, 0.25) is 5.91 Å². The Balaban J connectivity index is 1.74. The van der Waals surface area contributed by atoms with Gasteiger partial charge in [-0.15, -0.1) is 0 Å². The number of amides is 1. The van der Waals surface area contributed by atoms with Gasteiger partial charge in [-0.2, -0.15) is 0 Å². The van der Waals surface area contributed by atoms with Crippen molar-refractivity contribution in [2.45, 2.75) is 31.0 Å². The van der Waals surface area contributed by atoms with Crippen LogP contribution in [0.3, 0.4) is 0 Å². The van der Waals surface area contributed by atoms with Crippen LogP contribution in [0.2, 0.25) is 0 Å². The van der Waals surface area contributed by atoms with Crippen molar-refractivity contribution in [1.29, 1.82) is 0 Å². The van der Waals surface area contributed by atoms with Gasteiger partial charge < -0.3 is 10.3 Å². The third-order valence-electron chi connectivity index (χ3n) is 4.42. The third-order valence-corrected chi connectivity index (χ3v) is 5.00. The van der Waals surface area contributed by atoms with E-state index in [0.29, 0.717) is 22.8 Å². The summed E-state index contributed by atoms with van der Waals surface area (Å²) in [7, 11) is 0. The number of pyridine rings is 1. The minimum absolute atomic E-state index is 0.146. The molecule has 1 unspecified atom stereocenters. The molecule has 3 aromatic rings. The first-order valence-corrected chi connectivity index (χ1v) is 10.2. The summed E-state index contributed by atoms with van der Waals surface area (Å²) in [5, 5.41) is 3.62. The van der Waals surface area contributed by atoms with E-state index in [1.165, 1.54) is 11.8 Å². The lowest BCUT2D eigenvalue weighted by Crippen LogP contribution is -2.30. The molecule has 3 rings (SSSR count). The van der Waals surface area contributed by atoms with E-state index in [1.807, 2.05) is 54.8 Å². The first kappa shape index (κ1) is 19.8. The number of benzene rings is 1. The van der Waals surface area contributed by atoms with E-state index in [9.17, 15) is 9.59 Å². The molecule has 0 saturated heterocycles. The third kappa shape index (κ3) is 4.86. The van der Waals surface area contributed by atoms with Crippen molar-refractivity contribution in [2.75, 3.05) is 6.26 Å². The van der Waals surface area contributed by atoms with Gasteiger partial charge in [0.15, 0.2) is 5.16 Å². The number of nitrogens with one attached hydrogen (secondary N) is 2. The number of hydrogen-bond donors (Lipinski definition) is 2. The summed E-state index contributed by atoms with van der Waals surface area (Å²) in [5.74, 6) is -0.146. The number of carbonyl (C=O) groups excluding carboxylic acids is 1. The molecule has 1 aromatic carbocycles. The summed E-state index contributed by atoms with van der Waals surface area (Å²) in [6.07, 6.45) is 4.09. The highest BCUT2D eigenvalue weighted by molar-refractivity contribution is 7.98. The molecule has 0 fully saturated rings. The molecule has 0 radical (unpaired) electrons. The Morgan fingerprint density at radius 3 is 2.57 bits per heavy atom. The summed E-state index contributed by atoms with van der Waals surface area (Å²) >= 11 is 1.38. The van der Waals surface area contributed by atoms with Gasteiger partial charge in [-0.05, 0) is 37.3 Å². The highest BCUT2D eigenvalue weighted by atomic mass is 32.2. The monoisotopic (exact) mass is 394 g/mol. The highest BCUT2D eigenvalue weighted by Crippen LogP contribution is 2.20. The number of thioether (sulfide) groups is 1. The smallest absolute Gasteiger partial charge is 0.254 e. The Labute approximate surface area is 167 Å². The molecule has 0 saturated carbocycles. The SMILES string of the molecule is CSc1nc(C)c(CCC(=O)NC(c2ccccc2)c2ccccn2)c(=O)[nH]1. The van der Waals surface area contributed by atoms with Gasteiger partial charge in [0, 0.05) is 23.9 Å². The number of rotatable bonds is 7. The first-order chi connectivity index (χ1) is 13.6. The molecule has 0 spiro atoms. The number of H-pyrrole nitrogens is 1. The van der Waals surface area contributed by atoms with Gasteiger partial charge in [-0.25, -0.2) is 4.98 Å². The maximum atomic E-state index is 12.6. The molecule has 2 heterocycles. The normalized spacial score (nSPS) is 11.8. The molecule has 0 aliphatic heterocycles. The summed E-state index contributed by atoms with van der Waals surface area (Å²) < 4.78 is 0. The first-order valence-electron chi connectivity index (χ1n) is 8.97. The predicted molar refractivity (Wildman–Crippen MR) is 110 cm³/mol. The van der Waals surface area contributed by atoms with E-state index in [-0.39, 0.29) is 23.9 Å². The van der Waals surface area contributed by atoms with Crippen LogP contribution >= 0.6 is 11.8 Å². The van der Waals surface area contributed by atoms with Crippen molar-refractivity contribution >= 4 is 17.7 Å². The highest BCUT2D eigenvalue weighted by Gasteiger charge is 2.18. The molecule has 2 N–H and O–H groups in total. The van der Waals surface area contributed by atoms with Gasteiger partial charge in [0.1, 0.15) is 0 Å². The molecule has 0 aliphatic carbocycles. The van der Waals surface area contributed by atoms with E-state index in [4.69, 9.17) is 0 Å². The van der Waals surface area contributed by atoms with Crippen molar-refractivity contribution in [3.05, 3.63) is 87.6 Å². The molecule has 2 aromatic heterocycles. The molecular weight excluding hydrogens is 372 g/mol. The van der Waals surface area contributed by atoms with Crippen LogP contribution in [0.4, 0.5) is 0 Å². The van der Waals surface area contributed by atoms with Crippen LogP contribution in [0.25, 0.3) is 0 Å². The van der Waals surface area contributed by atoms with Crippen molar-refractivity contribution < 1.29 is 4.79 Å². The average Bonchev–Trinajstić information content (AvgIpc) is 2.72. The van der Waals surface area contributed by atoms with Gasteiger partial charge >= 0.3 is 0 Å². The maximum Gasteiger partial charge on any atom is 0.254 e. The number of aryl methyl sites for hydroxylation is 1. The maximum absolute atomic E-state index is 12.6. The Morgan fingerprint density at radius 1 is 1.18 bits per heavy atom. The van der Waals surface area contributed by atoms with Gasteiger partial charge in [0.25, 0.3) is 5.56 Å². The second kappa shape index (κ2) is 9.32. The zero-order valence-electron chi connectivity index (χ0n) is 15.8. The Morgan fingerprint density at radius 2 is 1.93 bits per heavy atom. The van der Waals surface area contributed by atoms with Gasteiger partial charge in [-0.3, -0.25) is 14.6 Å². The van der Waals surface area contributed by atoms with Crippen LogP contribution in [0.5, 0.6) is 0 Å². The fourth-order valence-corrected chi connectivity index (χ4v) is 3.39. The second-order valence-corrected chi connectivity index (χ2v) is 7.10. The van der Waals surface area contributed by atoms with E-state index >= 15 is 0 Å². The van der Waals surface area contributed by atoms with Crippen LogP contribution in [-0.4, -0.2) is 27.1 Å². The molecule has 1 atom stereocenters. The number of nitrogens with zero attached hydrogens (tertiary/aromatic N) is 2. The minimum Gasteiger partial charge on any atom is -0.344 e. The zero-order valence-corrected chi connectivity index (χ0v) is 16.6. The van der Waals surface area contributed by atoms with Gasteiger partial charge in [0.05, 0.1) is 11.7 Å². The number of aromatic amines is 1. The number of aromatic nitrogens is 3. The zero-order chi connectivity index (χ0) is 19.9. The largest absolute Gasteiger partial charge is 0.344 e. The van der Waals surface area contributed by atoms with E-state index in [0.717, 1.165) is 11.3 Å². The molecule has 1 amide bonds. The van der Waals surface area contributed by atoms with Crippen LogP contribution in [0.15, 0.2) is 64.7 Å². The van der Waals surface area contributed by atoms with Crippen molar-refractivity contribution in [1.82, 2.24) is 20.3 Å². The van der Waals surface area contributed by atoms with E-state index in [2.05, 4.69) is 20.3 Å². The van der Waals surface area contributed by atoms with E-state index < -0.39 is 0 Å². The van der Waals surface area contributed by atoms with Gasteiger partial charge in [-0.1, -0.05) is 48.2 Å². The molecule has 0 bridgehead atoms. The second-order valence-electron chi connectivity index (χ2n) is 6.30. The lowest BCUT2D eigenvalue weighted by atomic mass is 10.0. The van der Waals surface area contributed by atoms with Crippen LogP contribution in [0.1, 0.15) is 35.0 Å². The molecule has 6 nitrogen and oxygen atoms in total. The lowest BCUT2D eigenvalue weighted by Gasteiger charge is -2.19. The quantitative estimate of drug-likeness (QED) is 0.475. The summed E-state index contributed by atoms with van der Waals surface area (Å²) in [4.78, 5) is 36.4. The standard InChI is InChI=1S/C21H22N4O2S/c1-14-16(20(27)25-21(23-14)28-2)11-12-18(26)24-19(15-8-4-3-5-9-15)17-10-6-7-13-22-17/h3-10,13,19H,11-12H2,1-2H3,(H,24,26)(H,23,25,27). The van der Waals surface area contributed by atoms with Crippen molar-refractivity contribution in [3.63, 3.8) is 0 Å². The summed E-state index contributed by atoms with van der Waals surface area (Å²) in [6, 6.07) is 15.0. The van der Waals surface area contributed by atoms with Crippen LogP contribution in [-0.2, 0) is 11.2 Å². The topological polar surface area (TPSA) is 87.7 Å². The molecule has 7 heteroatoms. The molecule has 0 aliphatic rings. The number of hydrogen-bond acceptors (Lipinski definition) is 5. The molecule has 144 valence electrons. The fourth-order valence-electron chi connectivity index (χ4n) is 2.97. The Hall–Kier alpha value is -2.93. The lowest BCUT2D eigenvalue weighted by molar-refractivity contribution is -0.121. The summed E-state index contributed by atoms with van der Waals surface area (Å²) in [5.41, 5.74) is 2.73. The number of carbonyl (C=O) groups is 1.